The number of sulfonamides is 1. The van der Waals surface area contributed by atoms with Crippen molar-refractivity contribution in [3.63, 3.8) is 0 Å². The minimum atomic E-state index is -3.58. The number of hydrogen-bond acceptors (Lipinski definition) is 4. The number of carboxylic acids is 1. The Bertz CT molecular complexity index is 591. The van der Waals surface area contributed by atoms with Gasteiger partial charge in [-0.1, -0.05) is 13.3 Å². The molecule has 2 rings (SSSR count). The van der Waals surface area contributed by atoms with Gasteiger partial charge in [0, 0.05) is 6.04 Å². The third kappa shape index (κ3) is 3.16. The fraction of sp³-hybridized carbons (Fsp3) is 0.583. The standard InChI is InChI=1S/C12H17NO4S2/c1-3-4-8-6-9(8)13-19(16,17)10-5-7(2)11(18-10)12(14)15/h5,8-9,13H,3-4,6H2,1-2H3,(H,14,15). The van der Waals surface area contributed by atoms with Gasteiger partial charge in [0.25, 0.3) is 0 Å². The summed E-state index contributed by atoms with van der Waals surface area (Å²) in [6, 6.07) is 1.44. The summed E-state index contributed by atoms with van der Waals surface area (Å²) in [5.41, 5.74) is 0.485. The Labute approximate surface area is 116 Å². The zero-order valence-electron chi connectivity index (χ0n) is 10.8. The molecule has 1 aliphatic carbocycles. The SMILES string of the molecule is CCCC1CC1NS(=O)(=O)c1cc(C)c(C(=O)O)s1. The van der Waals surface area contributed by atoms with Crippen molar-refractivity contribution in [2.24, 2.45) is 5.92 Å². The second kappa shape index (κ2) is 5.22. The number of aromatic carboxylic acids is 1. The summed E-state index contributed by atoms with van der Waals surface area (Å²) in [6.07, 6.45) is 2.95. The van der Waals surface area contributed by atoms with E-state index in [-0.39, 0.29) is 15.1 Å². The Kier molecular flexibility index (Phi) is 3.98. The maximum atomic E-state index is 12.1. The van der Waals surface area contributed by atoms with E-state index in [1.165, 1.54) is 6.07 Å². The van der Waals surface area contributed by atoms with Gasteiger partial charge in [0.05, 0.1) is 0 Å². The van der Waals surface area contributed by atoms with Crippen LogP contribution in [-0.2, 0) is 10.0 Å². The highest BCUT2D eigenvalue weighted by atomic mass is 32.2. The zero-order valence-corrected chi connectivity index (χ0v) is 12.5. The summed E-state index contributed by atoms with van der Waals surface area (Å²) in [7, 11) is -3.58. The molecule has 1 heterocycles. The molecular formula is C12H17NO4S2. The van der Waals surface area contributed by atoms with Crippen molar-refractivity contribution in [1.29, 1.82) is 0 Å². The van der Waals surface area contributed by atoms with Crippen LogP contribution in [0.4, 0.5) is 0 Å². The normalized spacial score (nSPS) is 22.4. The second-order valence-electron chi connectivity index (χ2n) is 4.89. The summed E-state index contributed by atoms with van der Waals surface area (Å²) in [6.45, 7) is 3.68. The summed E-state index contributed by atoms with van der Waals surface area (Å²) >= 11 is 0.809. The predicted octanol–water partition coefficient (Wildman–Crippen LogP) is 2.22. The number of aryl methyl sites for hydroxylation is 1. The molecule has 1 aliphatic rings. The lowest BCUT2D eigenvalue weighted by Crippen LogP contribution is -2.26. The van der Waals surface area contributed by atoms with Gasteiger partial charge in [0.1, 0.15) is 9.09 Å². The Morgan fingerprint density at radius 1 is 1.58 bits per heavy atom. The van der Waals surface area contributed by atoms with E-state index in [0.717, 1.165) is 30.6 Å². The van der Waals surface area contributed by atoms with E-state index in [2.05, 4.69) is 11.6 Å². The topological polar surface area (TPSA) is 83.5 Å². The number of carbonyl (C=O) groups is 1. The Hall–Kier alpha value is -0.920. The maximum Gasteiger partial charge on any atom is 0.346 e. The molecule has 0 aromatic carbocycles. The second-order valence-corrected chi connectivity index (χ2v) is 7.89. The summed E-state index contributed by atoms with van der Waals surface area (Å²) in [4.78, 5) is 11.0. The van der Waals surface area contributed by atoms with Crippen LogP contribution >= 0.6 is 11.3 Å². The van der Waals surface area contributed by atoms with Crippen LogP contribution in [0.1, 0.15) is 41.4 Å². The number of hydrogen-bond donors (Lipinski definition) is 2. The molecule has 2 N–H and O–H groups in total. The number of carboxylic acid groups (broad SMARTS) is 1. The van der Waals surface area contributed by atoms with Crippen molar-refractivity contribution < 1.29 is 18.3 Å². The van der Waals surface area contributed by atoms with Gasteiger partial charge in [-0.2, -0.15) is 0 Å². The van der Waals surface area contributed by atoms with E-state index >= 15 is 0 Å². The minimum Gasteiger partial charge on any atom is -0.477 e. The van der Waals surface area contributed by atoms with E-state index in [4.69, 9.17) is 5.11 Å². The lowest BCUT2D eigenvalue weighted by Gasteiger charge is -2.03. The fourth-order valence-electron chi connectivity index (χ4n) is 2.14. The molecule has 1 aromatic rings. The van der Waals surface area contributed by atoms with Crippen molar-refractivity contribution in [2.45, 2.75) is 43.4 Å². The minimum absolute atomic E-state index is 0.0145. The van der Waals surface area contributed by atoms with Crippen LogP contribution in [0.3, 0.4) is 0 Å². The molecule has 1 saturated carbocycles. The Morgan fingerprint density at radius 3 is 2.79 bits per heavy atom. The van der Waals surface area contributed by atoms with Gasteiger partial charge >= 0.3 is 5.97 Å². The van der Waals surface area contributed by atoms with Crippen molar-refractivity contribution in [3.8, 4) is 0 Å². The van der Waals surface area contributed by atoms with Gasteiger partial charge < -0.3 is 5.11 Å². The van der Waals surface area contributed by atoms with Gasteiger partial charge in [-0.25, -0.2) is 17.9 Å². The number of nitrogens with one attached hydrogen (secondary N) is 1. The lowest BCUT2D eigenvalue weighted by molar-refractivity contribution is 0.0701. The van der Waals surface area contributed by atoms with Crippen molar-refractivity contribution in [3.05, 3.63) is 16.5 Å². The van der Waals surface area contributed by atoms with E-state index in [1.54, 1.807) is 6.92 Å². The van der Waals surface area contributed by atoms with Crippen LogP contribution in [0.5, 0.6) is 0 Å². The smallest absolute Gasteiger partial charge is 0.346 e. The van der Waals surface area contributed by atoms with E-state index < -0.39 is 16.0 Å². The summed E-state index contributed by atoms with van der Waals surface area (Å²) in [5.74, 6) is -0.654. The number of rotatable bonds is 6. The Morgan fingerprint density at radius 2 is 2.26 bits per heavy atom. The van der Waals surface area contributed by atoms with Crippen LogP contribution in [0.15, 0.2) is 10.3 Å². The van der Waals surface area contributed by atoms with Gasteiger partial charge in [0.15, 0.2) is 0 Å². The largest absolute Gasteiger partial charge is 0.477 e. The molecule has 1 aromatic heterocycles. The van der Waals surface area contributed by atoms with Gasteiger partial charge in [-0.05, 0) is 37.3 Å². The first-order valence-corrected chi connectivity index (χ1v) is 8.51. The molecule has 2 unspecified atom stereocenters. The monoisotopic (exact) mass is 303 g/mol. The van der Waals surface area contributed by atoms with Crippen LogP contribution < -0.4 is 4.72 Å². The van der Waals surface area contributed by atoms with Crippen LogP contribution in [0.25, 0.3) is 0 Å². The molecule has 106 valence electrons. The van der Waals surface area contributed by atoms with Gasteiger partial charge in [-0.15, -0.1) is 11.3 Å². The average molecular weight is 303 g/mol. The molecule has 7 heteroatoms. The molecule has 1 fully saturated rings. The molecule has 0 saturated heterocycles. The number of thiophene rings is 1. The molecule has 2 atom stereocenters. The molecule has 0 spiro atoms. The van der Waals surface area contributed by atoms with Crippen LogP contribution in [0.2, 0.25) is 0 Å². The van der Waals surface area contributed by atoms with Crippen LogP contribution in [0, 0.1) is 12.8 Å². The zero-order chi connectivity index (χ0) is 14.2. The third-order valence-electron chi connectivity index (χ3n) is 3.24. The maximum absolute atomic E-state index is 12.1. The van der Waals surface area contributed by atoms with Crippen molar-refractivity contribution >= 4 is 27.3 Å². The first kappa shape index (κ1) is 14.5. The molecule has 5 nitrogen and oxygen atoms in total. The molecule has 0 amide bonds. The highest BCUT2D eigenvalue weighted by Crippen LogP contribution is 2.36. The van der Waals surface area contributed by atoms with E-state index in [1.807, 2.05) is 0 Å². The third-order valence-corrected chi connectivity index (χ3v) is 6.43. The summed E-state index contributed by atoms with van der Waals surface area (Å²) < 4.78 is 27.0. The van der Waals surface area contributed by atoms with Gasteiger partial charge in [0.2, 0.25) is 10.0 Å². The first-order valence-electron chi connectivity index (χ1n) is 6.21. The molecule has 19 heavy (non-hydrogen) atoms. The molecular weight excluding hydrogens is 286 g/mol. The van der Waals surface area contributed by atoms with Crippen molar-refractivity contribution in [1.82, 2.24) is 4.72 Å². The Balaban J connectivity index is 2.12. The highest BCUT2D eigenvalue weighted by Gasteiger charge is 2.39. The molecule has 0 bridgehead atoms. The van der Waals surface area contributed by atoms with Crippen LogP contribution in [-0.4, -0.2) is 25.5 Å². The highest BCUT2D eigenvalue weighted by molar-refractivity contribution is 7.91. The molecule has 0 aliphatic heterocycles. The lowest BCUT2D eigenvalue weighted by atomic mass is 10.2. The fourth-order valence-corrected chi connectivity index (χ4v) is 4.85. The summed E-state index contributed by atoms with van der Waals surface area (Å²) in [5, 5.41) is 8.95. The van der Waals surface area contributed by atoms with E-state index in [9.17, 15) is 13.2 Å². The predicted molar refractivity (Wildman–Crippen MR) is 73.1 cm³/mol. The quantitative estimate of drug-likeness (QED) is 0.844. The molecule has 0 radical (unpaired) electrons. The average Bonchev–Trinajstić information content (AvgIpc) is 2.87. The van der Waals surface area contributed by atoms with Gasteiger partial charge in [-0.3, -0.25) is 0 Å². The first-order chi connectivity index (χ1) is 8.85. The van der Waals surface area contributed by atoms with E-state index in [0.29, 0.717) is 11.5 Å². The van der Waals surface area contributed by atoms with Crippen molar-refractivity contribution in [2.75, 3.05) is 0 Å².